The summed E-state index contributed by atoms with van der Waals surface area (Å²) in [6.07, 6.45) is 2.89. The van der Waals surface area contributed by atoms with Gasteiger partial charge in [-0.05, 0) is 49.7 Å². The third-order valence-electron chi connectivity index (χ3n) is 4.97. The first-order valence-corrected chi connectivity index (χ1v) is 9.07. The van der Waals surface area contributed by atoms with Gasteiger partial charge in [0.05, 0.1) is 0 Å². The Labute approximate surface area is 153 Å². The minimum atomic E-state index is -0.260. The van der Waals surface area contributed by atoms with E-state index in [0.29, 0.717) is 19.3 Å². The van der Waals surface area contributed by atoms with Gasteiger partial charge in [0.25, 0.3) is 6.47 Å². The van der Waals surface area contributed by atoms with Crippen molar-refractivity contribution in [3.05, 3.63) is 66.0 Å². The third-order valence-corrected chi connectivity index (χ3v) is 4.97. The van der Waals surface area contributed by atoms with Gasteiger partial charge in [-0.15, -0.1) is 0 Å². The molecule has 2 aromatic carbocycles. The van der Waals surface area contributed by atoms with Crippen LogP contribution in [-0.2, 0) is 16.0 Å². The molecule has 0 aromatic heterocycles. The lowest BCUT2D eigenvalue weighted by molar-refractivity contribution is -0.134. The van der Waals surface area contributed by atoms with E-state index in [1.165, 1.54) is 12.1 Å². The average molecular weight is 356 g/mol. The Morgan fingerprint density at radius 2 is 1.92 bits per heavy atom. The Morgan fingerprint density at radius 1 is 1.15 bits per heavy atom. The topological polar surface area (TPSA) is 50.4 Å². The van der Waals surface area contributed by atoms with E-state index >= 15 is 0 Å². The number of anilines is 1. The monoisotopic (exact) mass is 356 g/mol. The molecule has 138 valence electrons. The second-order valence-electron chi connectivity index (χ2n) is 6.91. The minimum Gasteiger partial charge on any atom is -0.464 e. The van der Waals surface area contributed by atoms with E-state index in [4.69, 9.17) is 4.74 Å². The largest absolute Gasteiger partial charge is 0.464 e. The average Bonchev–Trinajstić information content (AvgIpc) is 2.63. The highest BCUT2D eigenvalue weighted by atomic mass is 19.1. The fourth-order valence-electron chi connectivity index (χ4n) is 3.72. The highest BCUT2D eigenvalue weighted by Gasteiger charge is 2.35. The standard InChI is InChI=1S/C21H25FN2O2/c22-18-7-4-8-19(14-18)24-21(9-11-23-12-10-21)15-20(26-16-25)13-17-5-2-1-3-6-17/h1-8,14,16,20,23-24H,9-13,15H2. The van der Waals surface area contributed by atoms with Crippen molar-refractivity contribution in [3.63, 3.8) is 0 Å². The minimum absolute atomic E-state index is 0.228. The Balaban J connectivity index is 1.77. The predicted molar refractivity (Wildman–Crippen MR) is 101 cm³/mol. The van der Waals surface area contributed by atoms with Gasteiger partial charge in [0.2, 0.25) is 0 Å². The molecule has 1 aliphatic rings. The van der Waals surface area contributed by atoms with Gasteiger partial charge in [-0.25, -0.2) is 4.39 Å². The van der Waals surface area contributed by atoms with Crippen LogP contribution < -0.4 is 10.6 Å². The fraction of sp³-hybridized carbons (Fsp3) is 0.381. The highest BCUT2D eigenvalue weighted by Crippen LogP contribution is 2.31. The van der Waals surface area contributed by atoms with Crippen molar-refractivity contribution in [2.45, 2.75) is 37.3 Å². The van der Waals surface area contributed by atoms with Gasteiger partial charge < -0.3 is 15.4 Å². The van der Waals surface area contributed by atoms with Gasteiger partial charge in [-0.2, -0.15) is 0 Å². The third kappa shape index (κ3) is 5.05. The van der Waals surface area contributed by atoms with Crippen LogP contribution in [0.5, 0.6) is 0 Å². The normalized spacial score (nSPS) is 17.3. The fourth-order valence-corrected chi connectivity index (χ4v) is 3.72. The predicted octanol–water partition coefficient (Wildman–Crippen LogP) is 3.53. The number of benzene rings is 2. The molecule has 3 rings (SSSR count). The van der Waals surface area contributed by atoms with Crippen LogP contribution in [0.25, 0.3) is 0 Å². The maximum Gasteiger partial charge on any atom is 0.293 e. The molecule has 1 aliphatic heterocycles. The summed E-state index contributed by atoms with van der Waals surface area (Å²) >= 11 is 0. The van der Waals surface area contributed by atoms with Gasteiger partial charge >= 0.3 is 0 Å². The Hall–Kier alpha value is -2.40. The number of hydrogen-bond acceptors (Lipinski definition) is 4. The second kappa shape index (κ2) is 8.81. The molecule has 0 spiro atoms. The summed E-state index contributed by atoms with van der Waals surface area (Å²) in [4.78, 5) is 11.0. The molecule has 2 N–H and O–H groups in total. The second-order valence-corrected chi connectivity index (χ2v) is 6.91. The Kier molecular flexibility index (Phi) is 6.23. The van der Waals surface area contributed by atoms with Gasteiger partial charge in [0.1, 0.15) is 11.9 Å². The van der Waals surface area contributed by atoms with E-state index in [2.05, 4.69) is 10.6 Å². The van der Waals surface area contributed by atoms with Crippen LogP contribution >= 0.6 is 0 Å². The molecule has 5 heteroatoms. The van der Waals surface area contributed by atoms with Crippen LogP contribution in [0.1, 0.15) is 24.8 Å². The molecule has 4 nitrogen and oxygen atoms in total. The van der Waals surface area contributed by atoms with Crippen molar-refractivity contribution in [1.29, 1.82) is 0 Å². The molecule has 1 atom stereocenters. The van der Waals surface area contributed by atoms with Crippen molar-refractivity contribution in [3.8, 4) is 0 Å². The van der Waals surface area contributed by atoms with E-state index in [0.717, 1.165) is 37.2 Å². The maximum absolute atomic E-state index is 13.6. The molecule has 0 amide bonds. The summed E-state index contributed by atoms with van der Waals surface area (Å²) in [6.45, 7) is 2.29. The SMILES string of the molecule is O=COC(Cc1ccccc1)CC1(Nc2cccc(F)c2)CCNCC1. The first kappa shape index (κ1) is 18.4. The number of ether oxygens (including phenoxy) is 1. The van der Waals surface area contributed by atoms with Crippen LogP contribution in [0.4, 0.5) is 10.1 Å². The zero-order valence-electron chi connectivity index (χ0n) is 14.8. The number of hydrogen-bond donors (Lipinski definition) is 2. The molecule has 1 saturated heterocycles. The zero-order chi connectivity index (χ0) is 18.2. The molecule has 0 aliphatic carbocycles. The molecule has 0 radical (unpaired) electrons. The number of carbonyl (C=O) groups is 1. The van der Waals surface area contributed by atoms with E-state index < -0.39 is 0 Å². The van der Waals surface area contributed by atoms with Crippen molar-refractivity contribution in [1.82, 2.24) is 5.32 Å². The zero-order valence-corrected chi connectivity index (χ0v) is 14.8. The van der Waals surface area contributed by atoms with Crippen molar-refractivity contribution >= 4 is 12.2 Å². The number of piperidine rings is 1. The van der Waals surface area contributed by atoms with E-state index in [-0.39, 0.29) is 17.5 Å². The molecule has 0 saturated carbocycles. The maximum atomic E-state index is 13.6. The summed E-state index contributed by atoms with van der Waals surface area (Å²) in [5.74, 6) is -0.260. The molecule has 0 bridgehead atoms. The van der Waals surface area contributed by atoms with Crippen LogP contribution in [0.2, 0.25) is 0 Å². The summed E-state index contributed by atoms with van der Waals surface area (Å²) in [6, 6.07) is 16.5. The smallest absolute Gasteiger partial charge is 0.293 e. The molecular weight excluding hydrogens is 331 g/mol. The number of halogens is 1. The quantitative estimate of drug-likeness (QED) is 0.711. The molecule has 1 unspecified atom stereocenters. The summed E-state index contributed by atoms with van der Waals surface area (Å²) < 4.78 is 19.0. The molecule has 1 heterocycles. The number of carbonyl (C=O) groups excluding carboxylic acids is 1. The Morgan fingerprint density at radius 3 is 2.62 bits per heavy atom. The summed E-state index contributed by atoms with van der Waals surface area (Å²) in [7, 11) is 0. The first-order chi connectivity index (χ1) is 12.7. The van der Waals surface area contributed by atoms with Crippen LogP contribution in [0.15, 0.2) is 54.6 Å². The van der Waals surface area contributed by atoms with E-state index in [1.54, 1.807) is 6.07 Å². The van der Waals surface area contributed by atoms with E-state index in [1.807, 2.05) is 36.4 Å². The van der Waals surface area contributed by atoms with E-state index in [9.17, 15) is 9.18 Å². The van der Waals surface area contributed by atoms with Crippen molar-refractivity contribution in [2.75, 3.05) is 18.4 Å². The first-order valence-electron chi connectivity index (χ1n) is 9.07. The number of nitrogens with one attached hydrogen (secondary N) is 2. The highest BCUT2D eigenvalue weighted by molar-refractivity contribution is 5.46. The summed E-state index contributed by atoms with van der Waals surface area (Å²) in [5, 5.41) is 6.90. The molecule has 1 fully saturated rings. The molecule has 26 heavy (non-hydrogen) atoms. The molecular formula is C21H25FN2O2. The van der Waals surface area contributed by atoms with Crippen molar-refractivity contribution in [2.24, 2.45) is 0 Å². The van der Waals surface area contributed by atoms with Crippen LogP contribution in [0.3, 0.4) is 0 Å². The Bertz CT molecular complexity index is 702. The lowest BCUT2D eigenvalue weighted by Gasteiger charge is -2.41. The van der Waals surface area contributed by atoms with Gasteiger partial charge in [0.15, 0.2) is 0 Å². The lowest BCUT2D eigenvalue weighted by atomic mass is 9.81. The van der Waals surface area contributed by atoms with Crippen LogP contribution in [0, 0.1) is 5.82 Å². The lowest BCUT2D eigenvalue weighted by Crippen LogP contribution is -2.50. The van der Waals surface area contributed by atoms with Gasteiger partial charge in [0, 0.05) is 24.1 Å². The summed E-state index contributed by atoms with van der Waals surface area (Å²) in [5.41, 5.74) is 1.66. The van der Waals surface area contributed by atoms with Gasteiger partial charge in [-0.1, -0.05) is 36.4 Å². The van der Waals surface area contributed by atoms with Gasteiger partial charge in [-0.3, -0.25) is 4.79 Å². The molecule has 2 aromatic rings. The van der Waals surface area contributed by atoms with Crippen molar-refractivity contribution < 1.29 is 13.9 Å². The van der Waals surface area contributed by atoms with Crippen LogP contribution in [-0.4, -0.2) is 31.2 Å². The number of rotatable bonds is 8.